The lowest BCUT2D eigenvalue weighted by molar-refractivity contribution is -0.128. The quantitative estimate of drug-likeness (QED) is 0.864. The standard InChI is InChI=1S/C19H20N2OS/c1-20-15(11-14-7-3-2-4-8-14)12-17(19(20)22)21-13-23-18-10-6-5-9-16(18)21/h2-10,15,17H,11-13H2,1H3/t15-,17?/m0/s1. The average Bonchev–Trinajstić information content (AvgIpc) is 3.12. The number of fused-ring (bicyclic) bond motifs is 1. The smallest absolute Gasteiger partial charge is 0.245 e. The van der Waals surface area contributed by atoms with E-state index in [1.54, 1.807) is 0 Å². The third-order valence-electron chi connectivity index (χ3n) is 4.90. The number of hydrogen-bond acceptors (Lipinski definition) is 3. The summed E-state index contributed by atoms with van der Waals surface area (Å²) in [5.41, 5.74) is 2.51. The molecule has 23 heavy (non-hydrogen) atoms. The van der Waals surface area contributed by atoms with Gasteiger partial charge in [-0.25, -0.2) is 0 Å². The summed E-state index contributed by atoms with van der Waals surface area (Å²) in [7, 11) is 1.95. The topological polar surface area (TPSA) is 23.6 Å². The highest BCUT2D eigenvalue weighted by molar-refractivity contribution is 7.99. The Labute approximate surface area is 141 Å². The fraction of sp³-hybridized carbons (Fsp3) is 0.316. The minimum Gasteiger partial charge on any atom is -0.349 e. The molecule has 2 heterocycles. The number of nitrogens with zero attached hydrogens (tertiary/aromatic N) is 2. The van der Waals surface area contributed by atoms with Gasteiger partial charge in [0, 0.05) is 18.0 Å². The first-order chi connectivity index (χ1) is 11.2. The first-order valence-corrected chi connectivity index (χ1v) is 9.01. The van der Waals surface area contributed by atoms with E-state index in [9.17, 15) is 4.79 Å². The Kier molecular flexibility index (Phi) is 3.77. The Balaban J connectivity index is 1.54. The Morgan fingerprint density at radius 3 is 2.65 bits per heavy atom. The van der Waals surface area contributed by atoms with Crippen LogP contribution < -0.4 is 4.90 Å². The van der Waals surface area contributed by atoms with Crippen LogP contribution in [0.15, 0.2) is 59.5 Å². The lowest BCUT2D eigenvalue weighted by atomic mass is 10.0. The van der Waals surface area contributed by atoms with Crippen molar-refractivity contribution in [3.05, 3.63) is 60.2 Å². The highest BCUT2D eigenvalue weighted by Crippen LogP contribution is 2.41. The number of thioether (sulfide) groups is 1. The molecule has 0 saturated carbocycles. The van der Waals surface area contributed by atoms with Gasteiger partial charge in [-0.2, -0.15) is 0 Å². The van der Waals surface area contributed by atoms with Gasteiger partial charge in [0.25, 0.3) is 0 Å². The summed E-state index contributed by atoms with van der Waals surface area (Å²) in [5, 5.41) is 0. The predicted octanol–water partition coefficient (Wildman–Crippen LogP) is 3.40. The largest absolute Gasteiger partial charge is 0.349 e. The average molecular weight is 324 g/mol. The fourth-order valence-corrected chi connectivity index (χ4v) is 4.69. The van der Waals surface area contributed by atoms with Gasteiger partial charge < -0.3 is 9.80 Å². The van der Waals surface area contributed by atoms with Crippen molar-refractivity contribution in [2.24, 2.45) is 0 Å². The van der Waals surface area contributed by atoms with Crippen molar-refractivity contribution in [3.63, 3.8) is 0 Å². The van der Waals surface area contributed by atoms with E-state index in [2.05, 4.69) is 53.4 Å². The SMILES string of the molecule is CN1C(=O)C(N2CSc3ccccc32)C[C@@H]1Cc1ccccc1. The van der Waals surface area contributed by atoms with E-state index in [0.29, 0.717) is 0 Å². The maximum absolute atomic E-state index is 12.8. The number of carbonyl (C=O) groups is 1. The molecule has 4 rings (SSSR count). The van der Waals surface area contributed by atoms with Gasteiger partial charge in [-0.3, -0.25) is 4.79 Å². The molecule has 2 aliphatic heterocycles. The molecule has 2 aromatic carbocycles. The van der Waals surface area contributed by atoms with Crippen molar-refractivity contribution >= 4 is 23.4 Å². The Morgan fingerprint density at radius 2 is 1.83 bits per heavy atom. The second kappa shape index (κ2) is 5.93. The van der Waals surface area contributed by atoms with Gasteiger partial charge in [0.15, 0.2) is 0 Å². The van der Waals surface area contributed by atoms with Crippen LogP contribution in [0.5, 0.6) is 0 Å². The zero-order valence-electron chi connectivity index (χ0n) is 13.2. The molecule has 2 atom stereocenters. The second-order valence-corrected chi connectivity index (χ2v) is 7.24. The van der Waals surface area contributed by atoms with Crippen LogP contribution in [-0.2, 0) is 11.2 Å². The molecule has 1 saturated heterocycles. The Bertz CT molecular complexity index is 718. The molecule has 0 spiro atoms. The molecule has 1 fully saturated rings. The van der Waals surface area contributed by atoms with Gasteiger partial charge in [0.2, 0.25) is 5.91 Å². The van der Waals surface area contributed by atoms with E-state index in [1.165, 1.54) is 16.1 Å². The highest BCUT2D eigenvalue weighted by Gasteiger charge is 2.42. The van der Waals surface area contributed by atoms with Crippen LogP contribution in [0, 0.1) is 0 Å². The molecule has 2 aliphatic rings. The Hall–Kier alpha value is -1.94. The van der Waals surface area contributed by atoms with E-state index in [0.717, 1.165) is 18.7 Å². The van der Waals surface area contributed by atoms with Crippen molar-refractivity contribution < 1.29 is 4.79 Å². The zero-order valence-corrected chi connectivity index (χ0v) is 14.0. The van der Waals surface area contributed by atoms with Gasteiger partial charge in [-0.15, -0.1) is 11.8 Å². The van der Waals surface area contributed by atoms with Crippen molar-refractivity contribution in [3.8, 4) is 0 Å². The molecule has 0 bridgehead atoms. The van der Waals surface area contributed by atoms with E-state index in [1.807, 2.05) is 29.8 Å². The lowest BCUT2D eigenvalue weighted by Gasteiger charge is -2.24. The summed E-state index contributed by atoms with van der Waals surface area (Å²) in [6.45, 7) is 0. The monoisotopic (exact) mass is 324 g/mol. The van der Waals surface area contributed by atoms with E-state index >= 15 is 0 Å². The first kappa shape index (κ1) is 14.6. The molecule has 4 heteroatoms. The van der Waals surface area contributed by atoms with E-state index < -0.39 is 0 Å². The molecule has 2 aromatic rings. The minimum atomic E-state index is -0.0233. The van der Waals surface area contributed by atoms with E-state index in [-0.39, 0.29) is 18.0 Å². The predicted molar refractivity (Wildman–Crippen MR) is 94.8 cm³/mol. The summed E-state index contributed by atoms with van der Waals surface area (Å²) in [5.74, 6) is 1.13. The van der Waals surface area contributed by atoms with Crippen molar-refractivity contribution in [2.45, 2.75) is 29.8 Å². The Morgan fingerprint density at radius 1 is 1.09 bits per heavy atom. The van der Waals surface area contributed by atoms with Gasteiger partial charge >= 0.3 is 0 Å². The number of para-hydroxylation sites is 1. The molecule has 0 radical (unpaired) electrons. The molecule has 0 aromatic heterocycles. The van der Waals surface area contributed by atoms with Crippen LogP contribution in [-0.4, -0.2) is 35.8 Å². The number of hydrogen-bond donors (Lipinski definition) is 0. The summed E-state index contributed by atoms with van der Waals surface area (Å²) in [6, 6.07) is 19.1. The maximum Gasteiger partial charge on any atom is 0.245 e. The summed E-state index contributed by atoms with van der Waals surface area (Å²) in [6.07, 6.45) is 1.83. The van der Waals surface area contributed by atoms with Crippen molar-refractivity contribution in [1.82, 2.24) is 4.90 Å². The van der Waals surface area contributed by atoms with E-state index in [4.69, 9.17) is 0 Å². The number of rotatable bonds is 3. The molecule has 1 unspecified atom stereocenters. The van der Waals surface area contributed by atoms with Gasteiger partial charge in [0.05, 0.1) is 11.6 Å². The van der Waals surface area contributed by atoms with Crippen LogP contribution in [0.2, 0.25) is 0 Å². The third kappa shape index (κ3) is 2.61. The van der Waals surface area contributed by atoms with Gasteiger partial charge in [-0.05, 0) is 30.5 Å². The zero-order chi connectivity index (χ0) is 15.8. The summed E-state index contributed by atoms with van der Waals surface area (Å²) < 4.78 is 0. The number of anilines is 1. The number of carbonyl (C=O) groups excluding carboxylic acids is 1. The number of likely N-dealkylation sites (N-methyl/N-ethyl adjacent to an activating group) is 1. The maximum atomic E-state index is 12.8. The summed E-state index contributed by atoms with van der Waals surface area (Å²) >= 11 is 1.83. The van der Waals surface area contributed by atoms with Crippen LogP contribution in [0.1, 0.15) is 12.0 Å². The lowest BCUT2D eigenvalue weighted by Crippen LogP contribution is -2.39. The highest BCUT2D eigenvalue weighted by atomic mass is 32.2. The first-order valence-electron chi connectivity index (χ1n) is 8.03. The second-order valence-electron chi connectivity index (χ2n) is 6.26. The minimum absolute atomic E-state index is 0.0233. The number of likely N-dealkylation sites (tertiary alicyclic amines) is 1. The van der Waals surface area contributed by atoms with Gasteiger partial charge in [0.1, 0.15) is 6.04 Å². The molecular formula is C19H20N2OS. The van der Waals surface area contributed by atoms with Crippen LogP contribution in [0.4, 0.5) is 5.69 Å². The fourth-order valence-electron chi connectivity index (χ4n) is 3.58. The molecule has 3 nitrogen and oxygen atoms in total. The van der Waals surface area contributed by atoms with Crippen molar-refractivity contribution in [1.29, 1.82) is 0 Å². The van der Waals surface area contributed by atoms with Gasteiger partial charge in [-0.1, -0.05) is 42.5 Å². The number of benzene rings is 2. The number of amides is 1. The molecule has 0 aliphatic carbocycles. The van der Waals surface area contributed by atoms with Crippen LogP contribution in [0.25, 0.3) is 0 Å². The van der Waals surface area contributed by atoms with Crippen molar-refractivity contribution in [2.75, 3.05) is 17.8 Å². The normalized spacial score (nSPS) is 23.4. The summed E-state index contributed by atoms with van der Waals surface area (Å²) in [4.78, 5) is 18.3. The molecule has 0 N–H and O–H groups in total. The molecule has 118 valence electrons. The molecule has 1 amide bonds. The third-order valence-corrected chi connectivity index (χ3v) is 5.96. The van der Waals surface area contributed by atoms with Crippen LogP contribution in [0.3, 0.4) is 0 Å². The molecular weight excluding hydrogens is 304 g/mol. The van der Waals surface area contributed by atoms with Crippen LogP contribution >= 0.6 is 11.8 Å².